The molecule has 6 nitrogen and oxygen atoms in total. The normalized spacial score (nSPS) is 12.9. The minimum Gasteiger partial charge on any atom is -0.497 e. The highest BCUT2D eigenvalue weighted by molar-refractivity contribution is 7.09. The van der Waals surface area contributed by atoms with Crippen LogP contribution in [0.3, 0.4) is 0 Å². The molecule has 1 aliphatic carbocycles. The van der Waals surface area contributed by atoms with Crippen molar-refractivity contribution in [2.24, 2.45) is 0 Å². The van der Waals surface area contributed by atoms with Crippen molar-refractivity contribution < 1.29 is 9.53 Å². The summed E-state index contributed by atoms with van der Waals surface area (Å²) < 4.78 is 5.24. The van der Waals surface area contributed by atoms with Gasteiger partial charge in [-0.15, -0.1) is 11.3 Å². The number of aromatic amines is 1. The third-order valence-corrected chi connectivity index (χ3v) is 5.94. The van der Waals surface area contributed by atoms with Gasteiger partial charge in [-0.25, -0.2) is 9.97 Å². The first-order chi connectivity index (χ1) is 15.1. The van der Waals surface area contributed by atoms with Crippen molar-refractivity contribution >= 4 is 28.3 Å². The van der Waals surface area contributed by atoms with E-state index in [9.17, 15) is 9.59 Å². The van der Waals surface area contributed by atoms with Crippen molar-refractivity contribution in [1.29, 1.82) is 0 Å². The van der Waals surface area contributed by atoms with Crippen LogP contribution in [-0.4, -0.2) is 27.8 Å². The number of aryl methyl sites for hydroxylation is 1. The number of nitrogens with zero attached hydrogens (tertiary/aromatic N) is 2. The fourth-order valence-electron chi connectivity index (χ4n) is 3.75. The molecule has 0 radical (unpaired) electrons. The van der Waals surface area contributed by atoms with E-state index < -0.39 is 0 Å². The standard InChI is InChI=1S/C24H17N3O3S/c1-13-25-17(12-31-13)23-26-21-20(24(29)27-23)18(14-6-4-3-5-7-14)19(22(21)28)15-8-10-16(30-2)11-9-15/h3-12H,1-2H3,(H,26,27,29). The van der Waals surface area contributed by atoms with Gasteiger partial charge in [-0.2, -0.15) is 0 Å². The van der Waals surface area contributed by atoms with Crippen molar-refractivity contribution in [1.82, 2.24) is 15.0 Å². The van der Waals surface area contributed by atoms with Crippen LogP contribution in [-0.2, 0) is 0 Å². The summed E-state index contributed by atoms with van der Waals surface area (Å²) in [6.45, 7) is 1.88. The van der Waals surface area contributed by atoms with Crippen LogP contribution in [0.4, 0.5) is 0 Å². The Kier molecular flexibility index (Phi) is 4.60. The van der Waals surface area contributed by atoms with E-state index in [1.54, 1.807) is 19.2 Å². The molecule has 31 heavy (non-hydrogen) atoms. The molecule has 0 amide bonds. The predicted molar refractivity (Wildman–Crippen MR) is 120 cm³/mol. The van der Waals surface area contributed by atoms with Crippen molar-refractivity contribution in [2.45, 2.75) is 6.92 Å². The first-order valence-corrected chi connectivity index (χ1v) is 10.5. The Morgan fingerprint density at radius 1 is 0.903 bits per heavy atom. The summed E-state index contributed by atoms with van der Waals surface area (Å²) in [5.41, 5.74) is 3.15. The van der Waals surface area contributed by atoms with Gasteiger partial charge in [0.25, 0.3) is 5.56 Å². The second-order valence-electron chi connectivity index (χ2n) is 7.06. The SMILES string of the molecule is COc1ccc(C2=C(c3ccccc3)c3c(nc(-c4csc(C)n4)[nH]c3=O)C2=O)cc1. The van der Waals surface area contributed by atoms with Crippen LogP contribution < -0.4 is 10.3 Å². The Bertz CT molecular complexity index is 1400. The zero-order chi connectivity index (χ0) is 21.5. The number of ether oxygens (including phenoxy) is 1. The van der Waals surface area contributed by atoms with E-state index in [4.69, 9.17) is 4.74 Å². The lowest BCUT2D eigenvalue weighted by Gasteiger charge is -2.08. The molecule has 0 unspecified atom stereocenters. The van der Waals surface area contributed by atoms with Crippen molar-refractivity contribution in [3.8, 4) is 17.3 Å². The fraction of sp³-hybridized carbons (Fsp3) is 0.0833. The van der Waals surface area contributed by atoms with Gasteiger partial charge in [-0.05, 0) is 30.2 Å². The molecule has 0 saturated heterocycles. The second-order valence-corrected chi connectivity index (χ2v) is 8.13. The topological polar surface area (TPSA) is 84.9 Å². The number of H-pyrrole nitrogens is 1. The Balaban J connectivity index is 1.76. The average molecular weight is 427 g/mol. The Hall–Kier alpha value is -3.84. The molecule has 0 saturated carbocycles. The maximum absolute atomic E-state index is 13.6. The number of carbonyl (C=O) groups excluding carboxylic acids is 1. The van der Waals surface area contributed by atoms with Crippen molar-refractivity contribution in [3.63, 3.8) is 0 Å². The summed E-state index contributed by atoms with van der Waals surface area (Å²) in [5, 5.41) is 2.67. The maximum atomic E-state index is 13.6. The zero-order valence-corrected chi connectivity index (χ0v) is 17.6. The summed E-state index contributed by atoms with van der Waals surface area (Å²) in [6, 6.07) is 16.7. The fourth-order valence-corrected chi connectivity index (χ4v) is 4.34. The Morgan fingerprint density at radius 2 is 1.61 bits per heavy atom. The van der Waals surface area contributed by atoms with Gasteiger partial charge in [-0.3, -0.25) is 9.59 Å². The van der Waals surface area contributed by atoms with Crippen LogP contribution in [0.1, 0.15) is 32.2 Å². The molecule has 0 bridgehead atoms. The zero-order valence-electron chi connectivity index (χ0n) is 16.8. The summed E-state index contributed by atoms with van der Waals surface area (Å²) in [6.07, 6.45) is 0. The van der Waals surface area contributed by atoms with Gasteiger partial charge < -0.3 is 9.72 Å². The molecule has 0 spiro atoms. The third-order valence-electron chi connectivity index (χ3n) is 5.16. The number of hydrogen-bond donors (Lipinski definition) is 1. The number of hydrogen-bond acceptors (Lipinski definition) is 6. The molecular formula is C24H17N3O3S. The number of Topliss-reactive ketones (excluding diaryl/α,β-unsaturated/α-hetero) is 1. The molecule has 7 heteroatoms. The molecular weight excluding hydrogens is 410 g/mol. The molecule has 0 aliphatic heterocycles. The number of benzene rings is 2. The number of aromatic nitrogens is 3. The van der Waals surface area contributed by atoms with E-state index in [0.717, 1.165) is 10.6 Å². The summed E-state index contributed by atoms with van der Waals surface area (Å²) >= 11 is 1.46. The van der Waals surface area contributed by atoms with Gasteiger partial charge in [0.1, 0.15) is 17.1 Å². The van der Waals surface area contributed by atoms with Gasteiger partial charge in [0, 0.05) is 16.5 Å². The van der Waals surface area contributed by atoms with Gasteiger partial charge in [0.2, 0.25) is 5.78 Å². The molecule has 152 valence electrons. The first kappa shape index (κ1) is 19.1. The summed E-state index contributed by atoms with van der Waals surface area (Å²) in [4.78, 5) is 38.5. The molecule has 2 heterocycles. The van der Waals surface area contributed by atoms with E-state index in [0.29, 0.717) is 34.0 Å². The van der Waals surface area contributed by atoms with E-state index in [-0.39, 0.29) is 22.6 Å². The van der Waals surface area contributed by atoms with E-state index in [1.807, 2.05) is 54.8 Å². The molecule has 2 aromatic carbocycles. The summed E-state index contributed by atoms with van der Waals surface area (Å²) in [7, 11) is 1.59. The van der Waals surface area contributed by atoms with Crippen molar-refractivity contribution in [2.75, 3.05) is 7.11 Å². The average Bonchev–Trinajstić information content (AvgIpc) is 3.36. The van der Waals surface area contributed by atoms with Gasteiger partial charge in [0.05, 0.1) is 17.7 Å². The van der Waals surface area contributed by atoms with Gasteiger partial charge in [0.15, 0.2) is 5.82 Å². The number of fused-ring (bicyclic) bond motifs is 1. The van der Waals surface area contributed by atoms with Crippen LogP contribution in [0.25, 0.3) is 22.7 Å². The van der Waals surface area contributed by atoms with Crippen LogP contribution in [0, 0.1) is 6.92 Å². The monoisotopic (exact) mass is 427 g/mol. The van der Waals surface area contributed by atoms with Crippen LogP contribution in [0.2, 0.25) is 0 Å². The molecule has 1 N–H and O–H groups in total. The number of rotatable bonds is 4. The van der Waals surface area contributed by atoms with Gasteiger partial charge >= 0.3 is 0 Å². The highest BCUT2D eigenvalue weighted by Gasteiger charge is 2.35. The lowest BCUT2D eigenvalue weighted by molar-refractivity contribution is 0.105. The largest absolute Gasteiger partial charge is 0.497 e. The molecule has 0 fully saturated rings. The van der Waals surface area contributed by atoms with E-state index in [2.05, 4.69) is 15.0 Å². The minimum atomic E-state index is -0.360. The lowest BCUT2D eigenvalue weighted by atomic mass is 9.94. The quantitative estimate of drug-likeness (QED) is 0.523. The van der Waals surface area contributed by atoms with Crippen LogP contribution in [0.5, 0.6) is 5.75 Å². The third kappa shape index (κ3) is 3.19. The number of allylic oxidation sites excluding steroid dienone is 1. The van der Waals surface area contributed by atoms with Crippen LogP contribution in [0.15, 0.2) is 64.8 Å². The highest BCUT2D eigenvalue weighted by atomic mass is 32.1. The Morgan fingerprint density at radius 3 is 2.26 bits per heavy atom. The summed E-state index contributed by atoms with van der Waals surface area (Å²) in [5.74, 6) is 0.703. The number of carbonyl (C=O) groups is 1. The highest BCUT2D eigenvalue weighted by Crippen LogP contribution is 2.40. The predicted octanol–water partition coefficient (Wildman–Crippen LogP) is 4.37. The lowest BCUT2D eigenvalue weighted by Crippen LogP contribution is -2.17. The smallest absolute Gasteiger partial charge is 0.259 e. The number of methoxy groups -OCH3 is 1. The Labute approximate surface area is 181 Å². The van der Waals surface area contributed by atoms with Gasteiger partial charge in [-0.1, -0.05) is 42.5 Å². The maximum Gasteiger partial charge on any atom is 0.259 e. The van der Waals surface area contributed by atoms with Crippen LogP contribution >= 0.6 is 11.3 Å². The van der Waals surface area contributed by atoms with E-state index in [1.165, 1.54) is 11.3 Å². The number of ketones is 1. The van der Waals surface area contributed by atoms with Crippen molar-refractivity contribution in [3.05, 3.63) is 97.7 Å². The molecule has 2 aromatic heterocycles. The molecule has 0 atom stereocenters. The molecule has 1 aliphatic rings. The molecule has 5 rings (SSSR count). The minimum absolute atomic E-state index is 0.147. The number of nitrogens with one attached hydrogen (secondary N) is 1. The second kappa shape index (κ2) is 7.45. The molecule has 4 aromatic rings. The van der Waals surface area contributed by atoms with E-state index >= 15 is 0 Å². The number of thiazole rings is 1. The first-order valence-electron chi connectivity index (χ1n) is 9.63.